The maximum absolute atomic E-state index is 11.8. The molecular weight excluding hydrogens is 252 g/mol. The number of fused-ring (bicyclic) bond motifs is 1. The van der Waals surface area contributed by atoms with E-state index in [1.807, 2.05) is 25.1 Å². The van der Waals surface area contributed by atoms with Crippen LogP contribution in [0.3, 0.4) is 0 Å². The van der Waals surface area contributed by atoms with Gasteiger partial charge in [0.15, 0.2) is 0 Å². The van der Waals surface area contributed by atoms with Gasteiger partial charge in [-0.2, -0.15) is 0 Å². The zero-order chi connectivity index (χ0) is 13.3. The van der Waals surface area contributed by atoms with Gasteiger partial charge in [0.25, 0.3) is 5.56 Å². The Morgan fingerprint density at radius 2 is 2.06 bits per heavy atom. The van der Waals surface area contributed by atoms with E-state index in [0.29, 0.717) is 5.56 Å². The molecule has 0 saturated heterocycles. The molecule has 0 saturated carbocycles. The lowest BCUT2D eigenvalue weighted by molar-refractivity contribution is 0.587. The Balaban J connectivity index is 2.47. The van der Waals surface area contributed by atoms with Crippen LogP contribution in [-0.4, -0.2) is 19.7 Å². The second kappa shape index (κ2) is 4.55. The third-order valence-electron chi connectivity index (χ3n) is 2.69. The van der Waals surface area contributed by atoms with Gasteiger partial charge in [-0.15, -0.1) is 0 Å². The highest BCUT2D eigenvalue weighted by Crippen LogP contribution is 2.14. The molecule has 0 fully saturated rings. The van der Waals surface area contributed by atoms with Crippen LogP contribution in [0, 0.1) is 6.92 Å². The lowest BCUT2D eigenvalue weighted by atomic mass is 10.1. The van der Waals surface area contributed by atoms with Gasteiger partial charge in [-0.25, -0.2) is 13.1 Å². The monoisotopic (exact) mass is 266 g/mol. The fourth-order valence-corrected chi connectivity index (χ4v) is 2.19. The second-order valence-electron chi connectivity index (χ2n) is 4.26. The predicted octanol–water partition coefficient (Wildman–Crippen LogP) is 0.886. The number of nitrogens with one attached hydrogen (secondary N) is 2. The smallest absolute Gasteiger partial charge is 0.252 e. The molecule has 0 aliphatic heterocycles. The van der Waals surface area contributed by atoms with Crippen molar-refractivity contribution < 1.29 is 8.42 Å². The molecule has 18 heavy (non-hydrogen) atoms. The van der Waals surface area contributed by atoms with Crippen molar-refractivity contribution in [2.45, 2.75) is 13.5 Å². The van der Waals surface area contributed by atoms with E-state index in [-0.39, 0.29) is 12.1 Å². The number of aromatic nitrogens is 1. The summed E-state index contributed by atoms with van der Waals surface area (Å²) in [4.78, 5) is 14.6. The first kappa shape index (κ1) is 12.8. The van der Waals surface area contributed by atoms with E-state index < -0.39 is 10.0 Å². The average molecular weight is 266 g/mol. The zero-order valence-electron chi connectivity index (χ0n) is 10.1. The quantitative estimate of drug-likeness (QED) is 0.865. The van der Waals surface area contributed by atoms with Gasteiger partial charge in [0.2, 0.25) is 10.0 Å². The fraction of sp³-hybridized carbons (Fsp3) is 0.250. The molecule has 0 bridgehead atoms. The zero-order valence-corrected chi connectivity index (χ0v) is 11.0. The fourth-order valence-electron chi connectivity index (χ4n) is 1.77. The molecule has 2 N–H and O–H groups in total. The van der Waals surface area contributed by atoms with Crippen molar-refractivity contribution in [3.05, 3.63) is 45.7 Å². The van der Waals surface area contributed by atoms with Crippen molar-refractivity contribution in [1.82, 2.24) is 9.71 Å². The van der Waals surface area contributed by atoms with Gasteiger partial charge in [0.05, 0.1) is 11.8 Å². The molecule has 2 aromatic rings. The summed E-state index contributed by atoms with van der Waals surface area (Å²) in [7, 11) is -3.30. The van der Waals surface area contributed by atoms with Crippen molar-refractivity contribution in [3.63, 3.8) is 0 Å². The van der Waals surface area contributed by atoms with Gasteiger partial charge >= 0.3 is 0 Å². The molecule has 0 atom stereocenters. The standard InChI is InChI=1S/C12H14N2O3S/c1-8-4-3-5-9-6-10(7-13-18(2,16)17)12(15)14-11(8)9/h3-6,13H,7H2,1-2H3,(H,14,15). The Kier molecular flexibility index (Phi) is 3.23. The number of hydrogen-bond donors (Lipinski definition) is 2. The Morgan fingerprint density at radius 3 is 2.72 bits per heavy atom. The molecule has 0 aliphatic carbocycles. The minimum atomic E-state index is -3.30. The van der Waals surface area contributed by atoms with Gasteiger partial charge in [-0.05, 0) is 23.9 Å². The molecule has 0 radical (unpaired) electrons. The molecule has 6 heteroatoms. The van der Waals surface area contributed by atoms with Crippen LogP contribution in [0.5, 0.6) is 0 Å². The van der Waals surface area contributed by atoms with E-state index in [0.717, 1.165) is 22.7 Å². The SMILES string of the molecule is Cc1cccc2cc(CNS(C)(=O)=O)c(=O)[nH]c12. The summed E-state index contributed by atoms with van der Waals surface area (Å²) in [5.74, 6) is 0. The molecule has 1 aromatic carbocycles. The molecule has 2 rings (SSSR count). The van der Waals surface area contributed by atoms with Gasteiger partial charge in [-0.3, -0.25) is 4.79 Å². The summed E-state index contributed by atoms with van der Waals surface area (Å²) < 4.78 is 24.3. The number of sulfonamides is 1. The first-order valence-electron chi connectivity index (χ1n) is 5.43. The van der Waals surface area contributed by atoms with Crippen LogP contribution in [0.4, 0.5) is 0 Å². The normalized spacial score (nSPS) is 11.9. The van der Waals surface area contributed by atoms with Crippen LogP contribution in [0.1, 0.15) is 11.1 Å². The molecular formula is C12H14N2O3S. The Bertz CT molecular complexity index is 747. The van der Waals surface area contributed by atoms with Crippen molar-refractivity contribution in [3.8, 4) is 0 Å². The Labute approximate surface area is 105 Å². The highest BCUT2D eigenvalue weighted by Gasteiger charge is 2.07. The maximum atomic E-state index is 11.8. The van der Waals surface area contributed by atoms with E-state index in [9.17, 15) is 13.2 Å². The van der Waals surface area contributed by atoms with Crippen LogP contribution in [0.25, 0.3) is 10.9 Å². The van der Waals surface area contributed by atoms with Gasteiger partial charge in [0, 0.05) is 12.1 Å². The van der Waals surface area contributed by atoms with Crippen molar-refractivity contribution in [1.29, 1.82) is 0 Å². The van der Waals surface area contributed by atoms with E-state index in [4.69, 9.17) is 0 Å². The van der Waals surface area contributed by atoms with Crippen LogP contribution in [0.15, 0.2) is 29.1 Å². The molecule has 0 spiro atoms. The minimum absolute atomic E-state index is 0.00194. The van der Waals surface area contributed by atoms with E-state index in [1.165, 1.54) is 0 Å². The first-order valence-corrected chi connectivity index (χ1v) is 7.32. The number of rotatable bonds is 3. The van der Waals surface area contributed by atoms with E-state index >= 15 is 0 Å². The molecule has 0 unspecified atom stereocenters. The highest BCUT2D eigenvalue weighted by molar-refractivity contribution is 7.88. The predicted molar refractivity (Wildman–Crippen MR) is 71.0 cm³/mol. The number of para-hydroxylation sites is 1. The summed E-state index contributed by atoms with van der Waals surface area (Å²) in [5, 5.41) is 0.889. The molecule has 0 amide bonds. The Morgan fingerprint density at radius 1 is 1.33 bits per heavy atom. The average Bonchev–Trinajstić information content (AvgIpc) is 2.27. The molecule has 96 valence electrons. The molecule has 5 nitrogen and oxygen atoms in total. The van der Waals surface area contributed by atoms with E-state index in [2.05, 4.69) is 9.71 Å². The summed E-state index contributed by atoms with van der Waals surface area (Å²) in [6.07, 6.45) is 1.06. The van der Waals surface area contributed by atoms with Crippen molar-refractivity contribution in [2.75, 3.05) is 6.26 Å². The number of H-pyrrole nitrogens is 1. The van der Waals surface area contributed by atoms with Gasteiger partial charge < -0.3 is 4.98 Å². The van der Waals surface area contributed by atoms with Gasteiger partial charge in [0.1, 0.15) is 0 Å². The third kappa shape index (κ3) is 2.77. The first-order chi connectivity index (χ1) is 8.37. The van der Waals surface area contributed by atoms with Crippen molar-refractivity contribution >= 4 is 20.9 Å². The number of pyridine rings is 1. The summed E-state index contributed by atoms with van der Waals surface area (Å²) >= 11 is 0. The highest BCUT2D eigenvalue weighted by atomic mass is 32.2. The van der Waals surface area contributed by atoms with Crippen LogP contribution < -0.4 is 10.3 Å². The van der Waals surface area contributed by atoms with Crippen molar-refractivity contribution in [2.24, 2.45) is 0 Å². The molecule has 1 aromatic heterocycles. The minimum Gasteiger partial charge on any atom is -0.321 e. The summed E-state index contributed by atoms with van der Waals surface area (Å²) in [6.45, 7) is 1.91. The second-order valence-corrected chi connectivity index (χ2v) is 6.09. The lowest BCUT2D eigenvalue weighted by Gasteiger charge is -2.05. The largest absolute Gasteiger partial charge is 0.321 e. The summed E-state index contributed by atoms with van der Waals surface area (Å²) in [6, 6.07) is 7.39. The Hall–Kier alpha value is -1.66. The topological polar surface area (TPSA) is 79.0 Å². The van der Waals surface area contributed by atoms with Crippen LogP contribution in [-0.2, 0) is 16.6 Å². The lowest BCUT2D eigenvalue weighted by Crippen LogP contribution is -2.25. The number of aryl methyl sites for hydroxylation is 1. The molecule has 1 heterocycles. The van der Waals surface area contributed by atoms with E-state index in [1.54, 1.807) is 6.07 Å². The number of aromatic amines is 1. The van der Waals surface area contributed by atoms with Crippen LogP contribution >= 0.6 is 0 Å². The maximum Gasteiger partial charge on any atom is 0.252 e. The third-order valence-corrected chi connectivity index (χ3v) is 3.36. The number of hydrogen-bond acceptors (Lipinski definition) is 3. The van der Waals surface area contributed by atoms with Gasteiger partial charge in [-0.1, -0.05) is 18.2 Å². The van der Waals surface area contributed by atoms with Crippen LogP contribution in [0.2, 0.25) is 0 Å². The number of benzene rings is 1. The summed E-state index contributed by atoms with van der Waals surface area (Å²) in [5.41, 5.74) is 1.89. The molecule has 0 aliphatic rings.